The van der Waals surface area contributed by atoms with Crippen molar-refractivity contribution in [2.24, 2.45) is 0 Å². The molecule has 0 amide bonds. The van der Waals surface area contributed by atoms with Gasteiger partial charge in [-0.1, -0.05) is 6.07 Å². The van der Waals surface area contributed by atoms with E-state index in [2.05, 4.69) is 4.98 Å². The Balaban J connectivity index is 2.46. The number of thiophene rings is 1. The molecule has 0 atom stereocenters. The third-order valence-electron chi connectivity index (χ3n) is 2.47. The van der Waals surface area contributed by atoms with Crippen molar-refractivity contribution >= 4 is 23.0 Å². The van der Waals surface area contributed by atoms with E-state index < -0.39 is 0 Å². The van der Waals surface area contributed by atoms with Gasteiger partial charge < -0.3 is 15.5 Å². The van der Waals surface area contributed by atoms with Crippen LogP contribution in [0.4, 0.5) is 5.69 Å². The molecule has 5 heteroatoms. The lowest BCUT2D eigenvalue weighted by Gasteiger charge is -2.02. The number of nitrogen functional groups attached to an aromatic ring is 1. The van der Waals surface area contributed by atoms with E-state index in [0.717, 1.165) is 16.3 Å². The van der Waals surface area contributed by atoms with Crippen LogP contribution in [-0.2, 0) is 4.74 Å². The number of carbonyl (C=O) groups is 1. The highest BCUT2D eigenvalue weighted by atomic mass is 32.1. The predicted molar refractivity (Wildman–Crippen MR) is 69.2 cm³/mol. The van der Waals surface area contributed by atoms with Crippen LogP contribution in [-0.4, -0.2) is 17.6 Å². The van der Waals surface area contributed by atoms with Gasteiger partial charge in [0, 0.05) is 5.69 Å². The summed E-state index contributed by atoms with van der Waals surface area (Å²) in [5, 5.41) is 1.97. The molecule has 0 unspecified atom stereocenters. The number of carbonyl (C=O) groups excluding carboxylic acids is 1. The van der Waals surface area contributed by atoms with Crippen molar-refractivity contribution in [2.45, 2.75) is 13.8 Å². The minimum Gasteiger partial charge on any atom is -0.462 e. The average molecular weight is 250 g/mol. The van der Waals surface area contributed by atoms with Crippen molar-refractivity contribution in [3.63, 3.8) is 0 Å². The summed E-state index contributed by atoms with van der Waals surface area (Å²) in [5.74, 6) is -0.374. The van der Waals surface area contributed by atoms with E-state index in [4.69, 9.17) is 10.5 Å². The molecule has 0 aliphatic carbocycles. The molecule has 2 heterocycles. The highest BCUT2D eigenvalue weighted by Gasteiger charge is 2.21. The first kappa shape index (κ1) is 11.7. The first-order valence-corrected chi connectivity index (χ1v) is 6.22. The van der Waals surface area contributed by atoms with E-state index in [1.54, 1.807) is 18.3 Å². The first-order chi connectivity index (χ1) is 8.15. The third-order valence-corrected chi connectivity index (χ3v) is 3.36. The number of aromatic amines is 1. The Hall–Kier alpha value is -1.75. The Kier molecular flexibility index (Phi) is 3.19. The Morgan fingerprint density at radius 3 is 2.94 bits per heavy atom. The van der Waals surface area contributed by atoms with Gasteiger partial charge in [-0.05, 0) is 25.3 Å². The van der Waals surface area contributed by atoms with Crippen LogP contribution < -0.4 is 5.73 Å². The van der Waals surface area contributed by atoms with Gasteiger partial charge in [-0.25, -0.2) is 4.79 Å². The predicted octanol–water partition coefficient (Wildman–Crippen LogP) is 2.81. The van der Waals surface area contributed by atoms with E-state index in [1.807, 2.05) is 24.4 Å². The van der Waals surface area contributed by atoms with Crippen LogP contribution in [0.25, 0.3) is 10.6 Å². The SMILES string of the molecule is CCOC(=O)c1c(C)[nH]c(-c2cccs2)c1N. The summed E-state index contributed by atoms with van der Waals surface area (Å²) < 4.78 is 4.98. The summed E-state index contributed by atoms with van der Waals surface area (Å²) in [4.78, 5) is 15.9. The van der Waals surface area contributed by atoms with Crippen LogP contribution in [0.5, 0.6) is 0 Å². The number of rotatable bonds is 3. The fourth-order valence-corrected chi connectivity index (χ4v) is 2.47. The van der Waals surface area contributed by atoms with Gasteiger partial charge >= 0.3 is 5.97 Å². The maximum absolute atomic E-state index is 11.8. The highest BCUT2D eigenvalue weighted by molar-refractivity contribution is 7.13. The minimum atomic E-state index is -0.374. The molecular formula is C12H14N2O2S. The summed E-state index contributed by atoms with van der Waals surface area (Å²) in [5.41, 5.74) is 8.43. The molecule has 0 aromatic carbocycles. The number of ether oxygens (including phenoxy) is 1. The van der Waals surface area contributed by atoms with Gasteiger partial charge in [-0.2, -0.15) is 0 Å². The minimum absolute atomic E-state index is 0.344. The number of nitrogens with two attached hydrogens (primary N) is 1. The van der Waals surface area contributed by atoms with E-state index in [9.17, 15) is 4.79 Å². The Bertz CT molecular complexity index is 529. The fourth-order valence-electron chi connectivity index (χ4n) is 1.73. The van der Waals surface area contributed by atoms with Crippen LogP contribution in [0.2, 0.25) is 0 Å². The van der Waals surface area contributed by atoms with Crippen molar-refractivity contribution in [3.8, 4) is 10.6 Å². The van der Waals surface area contributed by atoms with Gasteiger partial charge in [0.15, 0.2) is 0 Å². The third kappa shape index (κ3) is 2.06. The molecule has 3 N–H and O–H groups in total. The maximum Gasteiger partial charge on any atom is 0.342 e. The zero-order chi connectivity index (χ0) is 12.4. The van der Waals surface area contributed by atoms with E-state index >= 15 is 0 Å². The van der Waals surface area contributed by atoms with Crippen molar-refractivity contribution in [1.29, 1.82) is 0 Å². The molecule has 90 valence electrons. The van der Waals surface area contributed by atoms with Crippen LogP contribution >= 0.6 is 11.3 Å². The molecule has 2 aromatic heterocycles. The molecular weight excluding hydrogens is 236 g/mol. The number of anilines is 1. The van der Waals surface area contributed by atoms with Crippen LogP contribution in [0.15, 0.2) is 17.5 Å². The molecule has 2 aromatic rings. The highest BCUT2D eigenvalue weighted by Crippen LogP contribution is 2.33. The second-order valence-corrected chi connectivity index (χ2v) is 4.56. The zero-order valence-electron chi connectivity index (χ0n) is 9.74. The summed E-state index contributed by atoms with van der Waals surface area (Å²) in [7, 11) is 0. The smallest absolute Gasteiger partial charge is 0.342 e. The van der Waals surface area contributed by atoms with E-state index in [1.165, 1.54) is 0 Å². The van der Waals surface area contributed by atoms with E-state index in [0.29, 0.717) is 17.9 Å². The van der Waals surface area contributed by atoms with E-state index in [-0.39, 0.29) is 5.97 Å². The Morgan fingerprint density at radius 1 is 1.59 bits per heavy atom. The average Bonchev–Trinajstić information content (AvgIpc) is 2.87. The number of aryl methyl sites for hydroxylation is 1. The molecule has 0 aliphatic heterocycles. The van der Waals surface area contributed by atoms with Crippen molar-refractivity contribution in [1.82, 2.24) is 4.98 Å². The lowest BCUT2D eigenvalue weighted by atomic mass is 10.2. The molecule has 0 spiro atoms. The Morgan fingerprint density at radius 2 is 2.35 bits per heavy atom. The van der Waals surface area contributed by atoms with Gasteiger partial charge in [0.05, 0.1) is 22.9 Å². The van der Waals surface area contributed by atoms with Gasteiger partial charge in [0.1, 0.15) is 5.56 Å². The fraction of sp³-hybridized carbons (Fsp3) is 0.250. The van der Waals surface area contributed by atoms with Crippen LogP contribution in [0, 0.1) is 6.92 Å². The van der Waals surface area contributed by atoms with Gasteiger partial charge in [-0.15, -0.1) is 11.3 Å². The summed E-state index contributed by atoms with van der Waals surface area (Å²) >= 11 is 1.57. The lowest BCUT2D eigenvalue weighted by molar-refractivity contribution is 0.0527. The number of H-pyrrole nitrogens is 1. The molecule has 0 fully saturated rings. The van der Waals surface area contributed by atoms with Crippen molar-refractivity contribution < 1.29 is 9.53 Å². The van der Waals surface area contributed by atoms with Crippen LogP contribution in [0.1, 0.15) is 23.0 Å². The first-order valence-electron chi connectivity index (χ1n) is 5.34. The van der Waals surface area contributed by atoms with Crippen LogP contribution in [0.3, 0.4) is 0 Å². The standard InChI is InChI=1S/C12H14N2O2S/c1-3-16-12(15)9-7(2)14-11(10(9)13)8-5-4-6-17-8/h4-6,14H,3,13H2,1-2H3. The lowest BCUT2D eigenvalue weighted by Crippen LogP contribution is -2.07. The van der Waals surface area contributed by atoms with Gasteiger partial charge in [0.2, 0.25) is 0 Å². The summed E-state index contributed by atoms with van der Waals surface area (Å²) in [6, 6.07) is 3.90. The second kappa shape index (κ2) is 4.63. The zero-order valence-corrected chi connectivity index (χ0v) is 10.6. The monoisotopic (exact) mass is 250 g/mol. The largest absolute Gasteiger partial charge is 0.462 e. The maximum atomic E-state index is 11.8. The number of hydrogen-bond acceptors (Lipinski definition) is 4. The Labute approximate surface area is 103 Å². The number of aromatic nitrogens is 1. The van der Waals surface area contributed by atoms with Gasteiger partial charge in [0.25, 0.3) is 0 Å². The number of nitrogens with one attached hydrogen (secondary N) is 1. The number of esters is 1. The topological polar surface area (TPSA) is 68.1 Å². The summed E-state index contributed by atoms with van der Waals surface area (Å²) in [6.45, 7) is 3.94. The molecule has 0 saturated heterocycles. The molecule has 0 aliphatic rings. The summed E-state index contributed by atoms with van der Waals surface area (Å²) in [6.07, 6.45) is 0. The normalized spacial score (nSPS) is 10.5. The molecule has 0 saturated carbocycles. The van der Waals surface area contributed by atoms with Crippen molar-refractivity contribution in [3.05, 3.63) is 28.8 Å². The molecule has 17 heavy (non-hydrogen) atoms. The second-order valence-electron chi connectivity index (χ2n) is 3.61. The van der Waals surface area contributed by atoms with Crippen molar-refractivity contribution in [2.75, 3.05) is 12.3 Å². The molecule has 0 bridgehead atoms. The number of hydrogen-bond donors (Lipinski definition) is 2. The van der Waals surface area contributed by atoms with Gasteiger partial charge in [-0.3, -0.25) is 0 Å². The molecule has 2 rings (SSSR count). The molecule has 4 nitrogen and oxygen atoms in total. The quantitative estimate of drug-likeness (QED) is 0.823. The molecule has 0 radical (unpaired) electrons.